The van der Waals surface area contributed by atoms with E-state index in [-0.39, 0.29) is 24.0 Å². The molecule has 0 aliphatic heterocycles. The molecule has 140 valence electrons. The third kappa shape index (κ3) is 6.27. The van der Waals surface area contributed by atoms with E-state index >= 15 is 0 Å². The van der Waals surface area contributed by atoms with Gasteiger partial charge >= 0.3 is 5.97 Å². The van der Waals surface area contributed by atoms with Gasteiger partial charge in [0.1, 0.15) is 0 Å². The van der Waals surface area contributed by atoms with E-state index in [1.807, 2.05) is 18.2 Å². The van der Waals surface area contributed by atoms with Crippen molar-refractivity contribution in [3.05, 3.63) is 77.4 Å². The molecule has 0 aliphatic carbocycles. The number of rotatable bonds is 9. The highest BCUT2D eigenvalue weighted by Gasteiger charge is 2.16. The van der Waals surface area contributed by atoms with Crippen LogP contribution in [-0.4, -0.2) is 35.7 Å². The average molecular weight is 386 g/mol. The van der Waals surface area contributed by atoms with Gasteiger partial charge in [0.15, 0.2) is 6.61 Å². The van der Waals surface area contributed by atoms with Crippen LogP contribution in [0, 0.1) is 10.1 Å². The number of carbonyl (C=O) groups excluding carboxylic acids is 2. The number of hydrogen-bond donors (Lipinski definition) is 0. The summed E-state index contributed by atoms with van der Waals surface area (Å²) in [7, 11) is 0. The van der Waals surface area contributed by atoms with Crippen molar-refractivity contribution < 1.29 is 19.2 Å². The maximum atomic E-state index is 12.3. The van der Waals surface area contributed by atoms with Crippen LogP contribution in [0.1, 0.15) is 0 Å². The molecule has 0 saturated carbocycles. The molecule has 2 aromatic carbocycles. The zero-order valence-corrected chi connectivity index (χ0v) is 15.3. The third-order valence-corrected chi connectivity index (χ3v) is 4.43. The van der Waals surface area contributed by atoms with E-state index in [9.17, 15) is 19.7 Å². The summed E-state index contributed by atoms with van der Waals surface area (Å²) in [4.78, 5) is 36.5. The fourth-order valence-corrected chi connectivity index (χ4v) is 2.85. The van der Waals surface area contributed by atoms with Gasteiger partial charge < -0.3 is 9.64 Å². The van der Waals surface area contributed by atoms with E-state index in [0.29, 0.717) is 17.1 Å². The Morgan fingerprint density at radius 2 is 1.81 bits per heavy atom. The second-order valence-electron chi connectivity index (χ2n) is 5.33. The Bertz CT molecular complexity index is 809. The molecule has 0 unspecified atom stereocenters. The number of ether oxygens (including phenoxy) is 1. The highest BCUT2D eigenvalue weighted by molar-refractivity contribution is 8.00. The largest absolute Gasteiger partial charge is 0.455 e. The molecule has 7 nitrogen and oxygen atoms in total. The number of nitrogens with zero attached hydrogens (tertiary/aromatic N) is 2. The van der Waals surface area contributed by atoms with E-state index in [2.05, 4.69) is 6.58 Å². The van der Waals surface area contributed by atoms with Crippen molar-refractivity contribution in [3.63, 3.8) is 0 Å². The van der Waals surface area contributed by atoms with Gasteiger partial charge in [0, 0.05) is 29.3 Å². The molecule has 0 aromatic heterocycles. The molecule has 8 heteroatoms. The van der Waals surface area contributed by atoms with E-state index in [1.54, 1.807) is 30.3 Å². The van der Waals surface area contributed by atoms with Crippen LogP contribution in [0.25, 0.3) is 0 Å². The Morgan fingerprint density at radius 1 is 1.15 bits per heavy atom. The van der Waals surface area contributed by atoms with Gasteiger partial charge in [-0.05, 0) is 24.3 Å². The number of thioether (sulfide) groups is 1. The highest BCUT2D eigenvalue weighted by atomic mass is 32.2. The quantitative estimate of drug-likeness (QED) is 0.216. The van der Waals surface area contributed by atoms with Crippen molar-refractivity contribution in [2.24, 2.45) is 0 Å². The van der Waals surface area contributed by atoms with Crippen LogP contribution >= 0.6 is 11.8 Å². The smallest absolute Gasteiger partial charge is 0.316 e. The van der Waals surface area contributed by atoms with Crippen molar-refractivity contribution in [2.75, 3.05) is 23.8 Å². The minimum Gasteiger partial charge on any atom is -0.455 e. The molecule has 0 fully saturated rings. The third-order valence-electron chi connectivity index (χ3n) is 3.44. The Balaban J connectivity index is 1.83. The molecule has 2 aromatic rings. The first-order valence-electron chi connectivity index (χ1n) is 8.00. The Labute approximate surface area is 160 Å². The van der Waals surface area contributed by atoms with E-state index in [4.69, 9.17) is 4.74 Å². The van der Waals surface area contributed by atoms with Crippen LogP contribution in [0.15, 0.2) is 72.1 Å². The van der Waals surface area contributed by atoms with E-state index < -0.39 is 10.9 Å². The lowest BCUT2D eigenvalue weighted by molar-refractivity contribution is -0.384. The van der Waals surface area contributed by atoms with E-state index in [0.717, 1.165) is 0 Å². The average Bonchev–Trinajstić information content (AvgIpc) is 2.69. The van der Waals surface area contributed by atoms with Crippen LogP contribution < -0.4 is 4.90 Å². The molecule has 0 atom stereocenters. The van der Waals surface area contributed by atoms with Gasteiger partial charge in [-0.25, -0.2) is 0 Å². The van der Waals surface area contributed by atoms with Gasteiger partial charge in [0.2, 0.25) is 0 Å². The van der Waals surface area contributed by atoms with Crippen LogP contribution in [0.5, 0.6) is 0 Å². The van der Waals surface area contributed by atoms with Crippen molar-refractivity contribution in [1.29, 1.82) is 0 Å². The van der Waals surface area contributed by atoms with Gasteiger partial charge in [-0.2, -0.15) is 0 Å². The molecule has 27 heavy (non-hydrogen) atoms. The first-order valence-corrected chi connectivity index (χ1v) is 8.99. The lowest BCUT2D eigenvalue weighted by Crippen LogP contribution is -2.35. The minimum absolute atomic E-state index is 0.00210. The maximum Gasteiger partial charge on any atom is 0.316 e. The number of hydrogen-bond acceptors (Lipinski definition) is 6. The fourth-order valence-electron chi connectivity index (χ4n) is 2.16. The molecule has 0 aliphatic rings. The molecule has 0 saturated heterocycles. The second kappa shape index (κ2) is 10.1. The van der Waals surface area contributed by atoms with Gasteiger partial charge in [-0.15, -0.1) is 18.3 Å². The van der Waals surface area contributed by atoms with Gasteiger partial charge in [-0.1, -0.05) is 24.3 Å². The number of nitro benzene ring substituents is 1. The monoisotopic (exact) mass is 386 g/mol. The standard InChI is InChI=1S/C19H18N2O5S/c1-2-12-20(15-6-4-3-5-7-15)18(22)13-26-19(23)14-27-17-10-8-16(9-11-17)21(24)25/h2-11H,1,12-14H2. The first kappa shape index (κ1) is 20.2. The van der Waals surface area contributed by atoms with Crippen molar-refractivity contribution in [2.45, 2.75) is 4.90 Å². The van der Waals surface area contributed by atoms with Gasteiger partial charge in [0.25, 0.3) is 11.6 Å². The molecule has 0 radical (unpaired) electrons. The molecule has 0 spiro atoms. The van der Waals surface area contributed by atoms with Crippen molar-refractivity contribution >= 4 is 35.0 Å². The summed E-state index contributed by atoms with van der Waals surface area (Å²) in [5.41, 5.74) is 0.675. The van der Waals surface area contributed by atoms with Crippen LogP contribution in [0.3, 0.4) is 0 Å². The number of esters is 1. The second-order valence-corrected chi connectivity index (χ2v) is 6.38. The lowest BCUT2D eigenvalue weighted by atomic mass is 10.3. The Hall–Kier alpha value is -3.13. The number of amides is 1. The molecule has 0 heterocycles. The number of benzene rings is 2. The highest BCUT2D eigenvalue weighted by Crippen LogP contribution is 2.21. The minimum atomic E-state index is -0.543. The number of non-ortho nitro benzene ring substituents is 1. The number of carbonyl (C=O) groups is 2. The van der Waals surface area contributed by atoms with Gasteiger partial charge in [0.05, 0.1) is 10.7 Å². The topological polar surface area (TPSA) is 89.8 Å². The number of para-hydroxylation sites is 1. The maximum absolute atomic E-state index is 12.3. The van der Waals surface area contributed by atoms with Gasteiger partial charge in [-0.3, -0.25) is 19.7 Å². The normalized spacial score (nSPS) is 10.1. The zero-order chi connectivity index (χ0) is 19.6. The molecule has 2 rings (SSSR count). The van der Waals surface area contributed by atoms with Crippen molar-refractivity contribution in [1.82, 2.24) is 0 Å². The lowest BCUT2D eigenvalue weighted by Gasteiger charge is -2.21. The predicted octanol–water partition coefficient (Wildman–Crippen LogP) is 3.45. The molecule has 1 amide bonds. The van der Waals surface area contributed by atoms with Crippen LogP contribution in [-0.2, 0) is 14.3 Å². The fraction of sp³-hybridized carbons (Fsp3) is 0.158. The molecular weight excluding hydrogens is 368 g/mol. The summed E-state index contributed by atoms with van der Waals surface area (Å²) in [5.74, 6) is -0.897. The SMILES string of the molecule is C=CCN(C(=O)COC(=O)CSc1ccc([N+](=O)[O-])cc1)c1ccccc1. The summed E-state index contributed by atoms with van der Waals surface area (Å²) in [5, 5.41) is 10.6. The number of nitro groups is 1. The molecular formula is C19H18N2O5S. The van der Waals surface area contributed by atoms with E-state index in [1.165, 1.54) is 28.8 Å². The number of anilines is 1. The summed E-state index contributed by atoms with van der Waals surface area (Å²) in [6.45, 7) is 3.57. The molecule has 0 bridgehead atoms. The summed E-state index contributed by atoms with van der Waals surface area (Å²) >= 11 is 1.18. The van der Waals surface area contributed by atoms with Crippen LogP contribution in [0.2, 0.25) is 0 Å². The summed E-state index contributed by atoms with van der Waals surface area (Å²) in [6, 6.07) is 14.9. The summed E-state index contributed by atoms with van der Waals surface area (Å²) < 4.78 is 5.04. The van der Waals surface area contributed by atoms with Crippen LogP contribution in [0.4, 0.5) is 11.4 Å². The first-order chi connectivity index (χ1) is 13.0. The molecule has 0 N–H and O–H groups in total. The Morgan fingerprint density at radius 3 is 2.41 bits per heavy atom. The summed E-state index contributed by atoms with van der Waals surface area (Å²) in [6.07, 6.45) is 1.59. The predicted molar refractivity (Wildman–Crippen MR) is 104 cm³/mol. The Kier molecular flexibility index (Phi) is 7.57. The zero-order valence-electron chi connectivity index (χ0n) is 14.4. The van der Waals surface area contributed by atoms with Crippen molar-refractivity contribution in [3.8, 4) is 0 Å².